The summed E-state index contributed by atoms with van der Waals surface area (Å²) >= 11 is 1.47. The van der Waals surface area contributed by atoms with Crippen molar-refractivity contribution in [2.75, 3.05) is 13.2 Å². The number of aryl methyl sites for hydroxylation is 1. The highest BCUT2D eigenvalue weighted by molar-refractivity contribution is 7.16. The molecule has 0 saturated carbocycles. The van der Waals surface area contributed by atoms with Crippen LogP contribution in [0.3, 0.4) is 0 Å². The van der Waals surface area contributed by atoms with Gasteiger partial charge >= 0.3 is 0 Å². The van der Waals surface area contributed by atoms with Crippen LogP contribution in [0.1, 0.15) is 10.4 Å². The Morgan fingerprint density at radius 1 is 1.04 bits per heavy atom. The molecule has 2 heterocycles. The summed E-state index contributed by atoms with van der Waals surface area (Å²) in [6.45, 7) is 1.09. The Bertz CT molecular complexity index is 1260. The van der Waals surface area contributed by atoms with Gasteiger partial charge in [0.05, 0.1) is 10.2 Å². The number of nitrogens with zero attached hydrogens (tertiary/aromatic N) is 2. The predicted molar refractivity (Wildman–Crippen MR) is 106 cm³/mol. The Morgan fingerprint density at radius 2 is 1.78 bits per heavy atom. The Kier molecular flexibility index (Phi) is 3.72. The van der Waals surface area contributed by atoms with Crippen LogP contribution in [0.15, 0.2) is 59.6 Å². The quantitative estimate of drug-likeness (QED) is 0.506. The van der Waals surface area contributed by atoms with E-state index >= 15 is 0 Å². The number of amides is 1. The van der Waals surface area contributed by atoms with Crippen molar-refractivity contribution < 1.29 is 14.3 Å². The van der Waals surface area contributed by atoms with Gasteiger partial charge in [-0.1, -0.05) is 47.7 Å². The van der Waals surface area contributed by atoms with E-state index in [0.717, 1.165) is 32.5 Å². The van der Waals surface area contributed by atoms with Gasteiger partial charge in [0.2, 0.25) is 0 Å². The molecule has 134 valence electrons. The summed E-state index contributed by atoms with van der Waals surface area (Å²) < 4.78 is 14.2. The van der Waals surface area contributed by atoms with Gasteiger partial charge in [-0.15, -0.1) is 0 Å². The second kappa shape index (κ2) is 6.25. The molecule has 0 fully saturated rings. The van der Waals surface area contributed by atoms with Crippen molar-refractivity contribution in [3.63, 3.8) is 0 Å². The largest absolute Gasteiger partial charge is 0.486 e. The van der Waals surface area contributed by atoms with Gasteiger partial charge in [-0.3, -0.25) is 4.79 Å². The molecule has 0 N–H and O–H groups in total. The van der Waals surface area contributed by atoms with Crippen molar-refractivity contribution in [3.05, 3.63) is 65.0 Å². The summed E-state index contributed by atoms with van der Waals surface area (Å²) in [7, 11) is 1.91. The van der Waals surface area contributed by atoms with Gasteiger partial charge in [-0.2, -0.15) is 4.99 Å². The van der Waals surface area contributed by atoms with E-state index in [2.05, 4.69) is 4.99 Å². The first-order valence-corrected chi connectivity index (χ1v) is 9.48. The van der Waals surface area contributed by atoms with E-state index < -0.39 is 0 Å². The lowest BCUT2D eigenvalue weighted by Crippen LogP contribution is -2.15. The fraction of sp³-hybridized carbons (Fsp3) is 0.143. The number of rotatable bonds is 1. The van der Waals surface area contributed by atoms with E-state index in [4.69, 9.17) is 9.47 Å². The molecule has 0 saturated heterocycles. The first-order valence-electron chi connectivity index (χ1n) is 8.67. The van der Waals surface area contributed by atoms with Crippen molar-refractivity contribution >= 4 is 38.2 Å². The van der Waals surface area contributed by atoms with Gasteiger partial charge in [0.1, 0.15) is 13.2 Å². The molecule has 0 unspecified atom stereocenters. The molecule has 0 radical (unpaired) electrons. The molecule has 1 aromatic heterocycles. The summed E-state index contributed by atoms with van der Waals surface area (Å²) in [4.78, 5) is 17.9. The zero-order chi connectivity index (χ0) is 18.4. The molecule has 5 nitrogen and oxygen atoms in total. The summed E-state index contributed by atoms with van der Waals surface area (Å²) in [5.74, 6) is 1.22. The maximum absolute atomic E-state index is 12.9. The Hall–Kier alpha value is -3.12. The molecule has 1 aliphatic heterocycles. The molecule has 1 amide bonds. The molecule has 0 bridgehead atoms. The van der Waals surface area contributed by atoms with Crippen molar-refractivity contribution in [1.29, 1.82) is 0 Å². The molecule has 27 heavy (non-hydrogen) atoms. The Morgan fingerprint density at radius 3 is 2.63 bits per heavy atom. The number of thiazole rings is 1. The van der Waals surface area contributed by atoms with Crippen LogP contribution >= 0.6 is 11.3 Å². The van der Waals surface area contributed by atoms with Crippen molar-refractivity contribution in [3.8, 4) is 11.5 Å². The third kappa shape index (κ3) is 2.69. The first-order chi connectivity index (χ1) is 13.2. The monoisotopic (exact) mass is 376 g/mol. The number of hydrogen-bond donors (Lipinski definition) is 0. The SMILES string of the molecule is Cn1c(=NC(=O)c2cccc3ccccc23)sc2cc3c(cc21)OCCO3. The second-order valence-electron chi connectivity index (χ2n) is 6.35. The maximum Gasteiger partial charge on any atom is 0.280 e. The lowest BCUT2D eigenvalue weighted by molar-refractivity contribution is 0.0999. The van der Waals surface area contributed by atoms with Gasteiger partial charge in [0.25, 0.3) is 5.91 Å². The van der Waals surface area contributed by atoms with Gasteiger partial charge in [-0.25, -0.2) is 0 Å². The molecule has 6 heteroatoms. The molecule has 5 rings (SSSR count). The van der Waals surface area contributed by atoms with Gasteiger partial charge < -0.3 is 14.0 Å². The number of aromatic nitrogens is 1. The fourth-order valence-corrected chi connectivity index (χ4v) is 4.36. The molecule has 1 aliphatic rings. The molecule has 3 aromatic carbocycles. The second-order valence-corrected chi connectivity index (χ2v) is 7.36. The predicted octanol–water partition coefficient (Wildman–Crippen LogP) is 3.91. The normalized spacial score (nSPS) is 14.0. The minimum atomic E-state index is -0.244. The third-order valence-corrected chi connectivity index (χ3v) is 5.79. The van der Waals surface area contributed by atoms with Crippen LogP contribution in [0.2, 0.25) is 0 Å². The van der Waals surface area contributed by atoms with E-state index in [1.54, 1.807) is 0 Å². The molecule has 4 aromatic rings. The average molecular weight is 376 g/mol. The summed E-state index contributed by atoms with van der Waals surface area (Å²) in [5, 5.41) is 1.94. The van der Waals surface area contributed by atoms with Crippen LogP contribution in [0.25, 0.3) is 21.0 Å². The smallest absolute Gasteiger partial charge is 0.280 e. The highest BCUT2D eigenvalue weighted by Crippen LogP contribution is 2.35. The van der Waals surface area contributed by atoms with Crippen LogP contribution in [0, 0.1) is 0 Å². The van der Waals surface area contributed by atoms with Crippen molar-refractivity contribution in [2.45, 2.75) is 0 Å². The summed E-state index contributed by atoms with van der Waals surface area (Å²) in [6.07, 6.45) is 0. The van der Waals surface area contributed by atoms with Gasteiger partial charge in [-0.05, 0) is 16.8 Å². The van der Waals surface area contributed by atoms with E-state index in [-0.39, 0.29) is 5.91 Å². The average Bonchev–Trinajstić information content (AvgIpc) is 3.00. The molecule has 0 spiro atoms. The highest BCUT2D eigenvalue weighted by atomic mass is 32.1. The Labute approximate surface area is 159 Å². The van der Waals surface area contributed by atoms with E-state index in [1.165, 1.54) is 11.3 Å². The van der Waals surface area contributed by atoms with E-state index in [1.807, 2.05) is 66.2 Å². The zero-order valence-electron chi connectivity index (χ0n) is 14.6. The first kappa shape index (κ1) is 16.1. The van der Waals surface area contributed by atoms with Crippen molar-refractivity contribution in [2.24, 2.45) is 12.0 Å². The lowest BCUT2D eigenvalue weighted by Gasteiger charge is -2.18. The lowest BCUT2D eigenvalue weighted by atomic mass is 10.0. The van der Waals surface area contributed by atoms with E-state index in [9.17, 15) is 4.79 Å². The number of ether oxygens (including phenoxy) is 2. The van der Waals surface area contributed by atoms with E-state index in [0.29, 0.717) is 23.6 Å². The van der Waals surface area contributed by atoms with Crippen molar-refractivity contribution in [1.82, 2.24) is 4.57 Å². The van der Waals surface area contributed by atoms with Gasteiger partial charge in [0, 0.05) is 24.7 Å². The maximum atomic E-state index is 12.9. The van der Waals surface area contributed by atoms with Crippen LogP contribution in [0.4, 0.5) is 0 Å². The topological polar surface area (TPSA) is 52.8 Å². The number of fused-ring (bicyclic) bond motifs is 3. The fourth-order valence-electron chi connectivity index (χ4n) is 3.33. The summed E-state index contributed by atoms with van der Waals surface area (Å²) in [6, 6.07) is 17.4. The number of carbonyl (C=O) groups is 1. The van der Waals surface area contributed by atoms with Crippen LogP contribution < -0.4 is 14.3 Å². The third-order valence-electron chi connectivity index (χ3n) is 4.69. The molecular weight excluding hydrogens is 360 g/mol. The standard InChI is InChI=1S/C21H16N2O3S/c1-23-16-11-17-18(26-10-9-25-17)12-19(16)27-21(23)22-20(24)15-8-4-6-13-5-2-3-7-14(13)15/h2-8,11-12H,9-10H2,1H3. The minimum Gasteiger partial charge on any atom is -0.486 e. The zero-order valence-corrected chi connectivity index (χ0v) is 15.5. The minimum absolute atomic E-state index is 0.244. The van der Waals surface area contributed by atoms with Crippen LogP contribution in [-0.4, -0.2) is 23.7 Å². The van der Waals surface area contributed by atoms with Crippen LogP contribution in [-0.2, 0) is 7.05 Å². The van der Waals surface area contributed by atoms with Crippen LogP contribution in [0.5, 0.6) is 11.5 Å². The Balaban J connectivity index is 1.65. The highest BCUT2D eigenvalue weighted by Gasteiger charge is 2.16. The van der Waals surface area contributed by atoms with Gasteiger partial charge in [0.15, 0.2) is 16.3 Å². The molecular formula is C21H16N2O3S. The number of benzene rings is 3. The number of hydrogen-bond acceptors (Lipinski definition) is 4. The molecule has 0 aliphatic carbocycles. The number of carbonyl (C=O) groups excluding carboxylic acids is 1. The molecule has 0 atom stereocenters. The summed E-state index contributed by atoms with van der Waals surface area (Å²) in [5.41, 5.74) is 1.57.